The van der Waals surface area contributed by atoms with Crippen molar-refractivity contribution in [2.45, 2.75) is 50.7 Å². The molecule has 0 atom stereocenters. The van der Waals surface area contributed by atoms with Crippen LogP contribution in [0.2, 0.25) is 0 Å². The molecule has 0 heterocycles. The highest BCUT2D eigenvalue weighted by Crippen LogP contribution is 2.21. The van der Waals surface area contributed by atoms with E-state index >= 15 is 0 Å². The highest BCUT2D eigenvalue weighted by molar-refractivity contribution is 5.69. The quantitative estimate of drug-likeness (QED) is 0.553. The van der Waals surface area contributed by atoms with E-state index in [0.29, 0.717) is 12.8 Å². The Morgan fingerprint density at radius 2 is 2.07 bits per heavy atom. The van der Waals surface area contributed by atoms with E-state index in [9.17, 15) is 9.90 Å². The largest absolute Gasteiger partial charge is 0.462 e. The molecule has 0 aromatic rings. The van der Waals surface area contributed by atoms with Gasteiger partial charge in [0.15, 0.2) is 0 Å². The first-order chi connectivity index (χ1) is 6.72. The highest BCUT2D eigenvalue weighted by Gasteiger charge is 2.21. The summed E-state index contributed by atoms with van der Waals surface area (Å²) in [5.74, 6) is -0.147. The number of aliphatic hydroxyl groups excluding tert-OH is 1. The second kappa shape index (κ2) is 5.81. The van der Waals surface area contributed by atoms with Crippen LogP contribution in [-0.4, -0.2) is 23.3 Å². The van der Waals surface area contributed by atoms with Gasteiger partial charge in [0.05, 0.1) is 6.10 Å². The molecule has 0 saturated heterocycles. The summed E-state index contributed by atoms with van der Waals surface area (Å²) in [6, 6.07) is 0. The zero-order chi connectivity index (χ0) is 10.4. The summed E-state index contributed by atoms with van der Waals surface area (Å²) in [6.45, 7) is 3.55. The maximum Gasteiger partial charge on any atom is 0.306 e. The van der Waals surface area contributed by atoms with Crippen molar-refractivity contribution in [3.8, 4) is 0 Å². The van der Waals surface area contributed by atoms with E-state index in [1.807, 2.05) is 0 Å². The van der Waals surface area contributed by atoms with Crippen molar-refractivity contribution in [3.05, 3.63) is 12.7 Å². The average molecular weight is 198 g/mol. The topological polar surface area (TPSA) is 46.5 Å². The molecule has 0 aliphatic heterocycles. The third-order valence-electron chi connectivity index (χ3n) is 2.49. The Balaban J connectivity index is 2.17. The minimum Gasteiger partial charge on any atom is -0.462 e. The first-order valence-corrected chi connectivity index (χ1v) is 5.21. The smallest absolute Gasteiger partial charge is 0.306 e. The number of rotatable bonds is 4. The van der Waals surface area contributed by atoms with Gasteiger partial charge in [0.25, 0.3) is 0 Å². The third kappa shape index (κ3) is 3.92. The van der Waals surface area contributed by atoms with Crippen LogP contribution in [0.5, 0.6) is 0 Å². The molecule has 0 amide bonds. The van der Waals surface area contributed by atoms with Gasteiger partial charge in [-0.1, -0.05) is 6.08 Å². The minimum atomic E-state index is -0.196. The molecular weight excluding hydrogens is 180 g/mol. The van der Waals surface area contributed by atoms with E-state index in [4.69, 9.17) is 4.74 Å². The fourth-order valence-electron chi connectivity index (χ4n) is 1.63. The van der Waals surface area contributed by atoms with E-state index in [1.54, 1.807) is 6.08 Å². The van der Waals surface area contributed by atoms with E-state index < -0.39 is 0 Å². The van der Waals surface area contributed by atoms with E-state index in [0.717, 1.165) is 25.7 Å². The Hall–Kier alpha value is -0.830. The highest BCUT2D eigenvalue weighted by atomic mass is 16.5. The zero-order valence-corrected chi connectivity index (χ0v) is 8.45. The van der Waals surface area contributed by atoms with Crippen LogP contribution in [-0.2, 0) is 9.53 Å². The number of hydrogen-bond donors (Lipinski definition) is 1. The lowest BCUT2D eigenvalue weighted by molar-refractivity contribution is -0.151. The molecular formula is C11H18O3. The van der Waals surface area contributed by atoms with Crippen molar-refractivity contribution in [2.75, 3.05) is 0 Å². The molecule has 80 valence electrons. The van der Waals surface area contributed by atoms with Crippen LogP contribution in [0.1, 0.15) is 38.5 Å². The normalized spacial score (nSPS) is 26.9. The van der Waals surface area contributed by atoms with Gasteiger partial charge >= 0.3 is 5.97 Å². The fourth-order valence-corrected chi connectivity index (χ4v) is 1.63. The molecule has 0 radical (unpaired) electrons. The number of allylic oxidation sites excluding steroid dienone is 1. The standard InChI is InChI=1S/C11H18O3/c1-2-3-4-11(13)14-10-7-5-9(12)6-8-10/h2,9-10,12H,1,3-8H2. The molecule has 1 N–H and O–H groups in total. The lowest BCUT2D eigenvalue weighted by Gasteiger charge is -2.25. The molecule has 0 unspecified atom stereocenters. The first kappa shape index (κ1) is 11.2. The molecule has 0 aromatic carbocycles. The van der Waals surface area contributed by atoms with Crippen LogP contribution in [0.4, 0.5) is 0 Å². The number of hydrogen-bond acceptors (Lipinski definition) is 3. The number of aliphatic hydroxyl groups is 1. The number of ether oxygens (including phenoxy) is 1. The molecule has 3 nitrogen and oxygen atoms in total. The summed E-state index contributed by atoms with van der Waals surface area (Å²) < 4.78 is 5.24. The molecule has 1 aliphatic rings. The monoisotopic (exact) mass is 198 g/mol. The van der Waals surface area contributed by atoms with E-state index in [2.05, 4.69) is 6.58 Å². The molecule has 0 spiro atoms. The minimum absolute atomic E-state index is 0.0238. The molecule has 0 bridgehead atoms. The summed E-state index contributed by atoms with van der Waals surface area (Å²) >= 11 is 0. The molecule has 3 heteroatoms. The van der Waals surface area contributed by atoms with Gasteiger partial charge in [0, 0.05) is 6.42 Å². The van der Waals surface area contributed by atoms with Crippen LogP contribution in [0.15, 0.2) is 12.7 Å². The molecule has 1 rings (SSSR count). The Kier molecular flexibility index (Phi) is 4.66. The average Bonchev–Trinajstić information content (AvgIpc) is 2.18. The van der Waals surface area contributed by atoms with Crippen LogP contribution in [0.3, 0.4) is 0 Å². The van der Waals surface area contributed by atoms with Gasteiger partial charge in [-0.25, -0.2) is 0 Å². The van der Waals surface area contributed by atoms with Gasteiger partial charge in [0.2, 0.25) is 0 Å². The predicted octanol–water partition coefficient (Wildman–Crippen LogP) is 1.80. The van der Waals surface area contributed by atoms with Crippen molar-refractivity contribution >= 4 is 5.97 Å². The molecule has 1 aliphatic carbocycles. The molecule has 14 heavy (non-hydrogen) atoms. The van der Waals surface area contributed by atoms with Gasteiger partial charge in [-0.15, -0.1) is 6.58 Å². The molecule has 1 saturated carbocycles. The van der Waals surface area contributed by atoms with Gasteiger partial charge < -0.3 is 9.84 Å². The molecule has 1 fully saturated rings. The van der Waals surface area contributed by atoms with Crippen molar-refractivity contribution < 1.29 is 14.6 Å². The van der Waals surface area contributed by atoms with Gasteiger partial charge in [-0.05, 0) is 32.1 Å². The van der Waals surface area contributed by atoms with Gasteiger partial charge in [-0.3, -0.25) is 4.79 Å². The van der Waals surface area contributed by atoms with Crippen molar-refractivity contribution in [1.82, 2.24) is 0 Å². The Labute approximate surface area is 84.8 Å². The number of carbonyl (C=O) groups is 1. The van der Waals surface area contributed by atoms with Crippen molar-refractivity contribution in [3.63, 3.8) is 0 Å². The lowest BCUT2D eigenvalue weighted by atomic mass is 9.95. The van der Waals surface area contributed by atoms with E-state index in [1.165, 1.54) is 0 Å². The van der Waals surface area contributed by atoms with Crippen LogP contribution in [0.25, 0.3) is 0 Å². The number of carbonyl (C=O) groups excluding carboxylic acids is 1. The Bertz CT molecular complexity index is 193. The summed E-state index contributed by atoms with van der Waals surface area (Å²) in [6.07, 6.45) is 5.72. The van der Waals surface area contributed by atoms with Crippen molar-refractivity contribution in [1.29, 1.82) is 0 Å². The maximum atomic E-state index is 11.2. The molecule has 0 aromatic heterocycles. The maximum absolute atomic E-state index is 11.2. The van der Waals surface area contributed by atoms with E-state index in [-0.39, 0.29) is 18.2 Å². The Morgan fingerprint density at radius 1 is 1.43 bits per heavy atom. The second-order valence-electron chi connectivity index (χ2n) is 3.75. The van der Waals surface area contributed by atoms with Gasteiger partial charge in [-0.2, -0.15) is 0 Å². The Morgan fingerprint density at radius 3 is 2.64 bits per heavy atom. The predicted molar refractivity (Wildman–Crippen MR) is 53.8 cm³/mol. The van der Waals surface area contributed by atoms with Crippen LogP contribution < -0.4 is 0 Å². The van der Waals surface area contributed by atoms with Crippen molar-refractivity contribution in [2.24, 2.45) is 0 Å². The summed E-state index contributed by atoms with van der Waals surface area (Å²) in [7, 11) is 0. The first-order valence-electron chi connectivity index (χ1n) is 5.21. The third-order valence-corrected chi connectivity index (χ3v) is 2.49. The summed E-state index contributed by atoms with van der Waals surface area (Å²) in [5, 5.41) is 9.25. The summed E-state index contributed by atoms with van der Waals surface area (Å²) in [5.41, 5.74) is 0. The van der Waals surface area contributed by atoms with Crippen LogP contribution >= 0.6 is 0 Å². The lowest BCUT2D eigenvalue weighted by Crippen LogP contribution is -2.26. The SMILES string of the molecule is C=CCCC(=O)OC1CCC(O)CC1. The summed E-state index contributed by atoms with van der Waals surface area (Å²) in [4.78, 5) is 11.2. The fraction of sp³-hybridized carbons (Fsp3) is 0.727. The van der Waals surface area contributed by atoms with Gasteiger partial charge in [0.1, 0.15) is 6.10 Å². The zero-order valence-electron chi connectivity index (χ0n) is 8.45. The van der Waals surface area contributed by atoms with Crippen LogP contribution in [0, 0.1) is 0 Å². The number of esters is 1. The second-order valence-corrected chi connectivity index (χ2v) is 3.75.